The van der Waals surface area contributed by atoms with Crippen LogP contribution in [0.15, 0.2) is 182 Å². The quantitative estimate of drug-likeness (QED) is 0.0303. The van der Waals surface area contributed by atoms with Crippen molar-refractivity contribution in [3.8, 4) is 0 Å². The second-order valence-electron chi connectivity index (χ2n) is 14.1. The Morgan fingerprint density at radius 2 is 0.540 bits per heavy atom. The fourth-order valence-electron chi connectivity index (χ4n) is 6.63. The number of hydrogen-bond donors (Lipinski definition) is 3. The van der Waals surface area contributed by atoms with E-state index in [4.69, 9.17) is 30.8 Å². The van der Waals surface area contributed by atoms with Crippen molar-refractivity contribution in [2.45, 2.75) is 19.8 Å². The molecule has 7 aromatic rings. The Morgan fingerprint density at radius 3 is 0.762 bits per heavy atom. The third kappa shape index (κ3) is 10.6. The maximum atomic E-state index is 13.5. The minimum atomic E-state index is -0.790. The second-order valence-corrected chi connectivity index (χ2v) is 14.1. The molecule has 306 valence electrons. The summed E-state index contributed by atoms with van der Waals surface area (Å²) in [6.45, 7) is -0.357. The van der Waals surface area contributed by atoms with Gasteiger partial charge >= 0.3 is 35.0 Å². The highest BCUT2D eigenvalue weighted by Crippen LogP contribution is 2.19. The first-order chi connectivity index (χ1) is 30.8. The summed E-state index contributed by atoms with van der Waals surface area (Å²) in [7, 11) is 0. The van der Waals surface area contributed by atoms with E-state index in [9.17, 15) is 14.4 Å². The van der Waals surface area contributed by atoms with Gasteiger partial charge in [-0.3, -0.25) is 0 Å². The number of carbonyl (C=O) groups is 3. The van der Waals surface area contributed by atoms with Crippen molar-refractivity contribution in [3.05, 3.63) is 249 Å². The second kappa shape index (κ2) is 20.4. The van der Waals surface area contributed by atoms with Crippen LogP contribution in [0.1, 0.15) is 81.1 Å². The van der Waals surface area contributed by atoms with Crippen molar-refractivity contribution in [1.29, 1.82) is 16.6 Å². The molecule has 0 aliphatic carbocycles. The topological polar surface area (TPSA) is 193 Å². The molecule has 0 saturated carbocycles. The Balaban J connectivity index is 1.06. The molecule has 63 heavy (non-hydrogen) atoms. The van der Waals surface area contributed by atoms with Gasteiger partial charge in [0.25, 0.3) is 0 Å². The molecule has 0 atom stereocenters. The number of esters is 3. The molecule has 0 spiro atoms. The Labute approximate surface area is 362 Å². The highest BCUT2D eigenvalue weighted by molar-refractivity contribution is 6.10. The summed E-state index contributed by atoms with van der Waals surface area (Å²) in [5, 5.41) is 0. The summed E-state index contributed by atoms with van der Waals surface area (Å²) in [5.41, 5.74) is 30.8. The van der Waals surface area contributed by atoms with E-state index in [2.05, 4.69) is 14.4 Å². The molecule has 0 unspecified atom stereocenters. The number of carbonyl (C=O) groups excluding carboxylic acids is 3. The highest BCUT2D eigenvalue weighted by Gasteiger charge is 2.22. The highest BCUT2D eigenvalue weighted by atomic mass is 16.5. The average Bonchev–Trinajstić information content (AvgIpc) is 3.34. The van der Waals surface area contributed by atoms with Crippen LogP contribution in [-0.4, -0.2) is 49.4 Å². The zero-order chi connectivity index (χ0) is 44.0. The van der Waals surface area contributed by atoms with Gasteiger partial charge < -0.3 is 14.2 Å². The monoisotopic (exact) mass is 831 g/mol. The predicted molar refractivity (Wildman–Crippen MR) is 231 cm³/mol. The maximum absolute atomic E-state index is 13.5. The molecule has 3 N–H and O–H groups in total. The summed E-state index contributed by atoms with van der Waals surface area (Å²) in [6.07, 6.45) is 0. The zero-order valence-electron chi connectivity index (χ0n) is 33.7. The fourth-order valence-corrected chi connectivity index (χ4v) is 6.63. The van der Waals surface area contributed by atoms with Gasteiger partial charge in [0.05, 0.1) is 81.0 Å². The molecule has 0 fully saturated rings. The van der Waals surface area contributed by atoms with Crippen LogP contribution in [0.5, 0.6) is 0 Å². The standard InChI is InChI=1S/C51H39N6O6/c52-55-46(37-10-4-1-5-11-37)40-22-16-34(17-23-40)31-61-49(58)43-28-44(50(59)62-32-35-18-24-41(25-19-35)47(56-53)38-12-6-2-7-13-38)30-45(29-43)51(60)63-33-36-20-26-42(27-21-36)48(57-54)39-14-8-3-9-15-39/h1-30,52-54H,31-33H2/q+3. The Morgan fingerprint density at radius 1 is 0.317 bits per heavy atom. The van der Waals surface area contributed by atoms with Crippen LogP contribution in [0, 0.1) is 16.6 Å². The molecule has 0 aromatic heterocycles. The fraction of sp³-hybridized carbons (Fsp3) is 0.0588. The van der Waals surface area contributed by atoms with Crippen LogP contribution in [0.2, 0.25) is 0 Å². The van der Waals surface area contributed by atoms with E-state index in [1.807, 2.05) is 91.0 Å². The summed E-state index contributed by atoms with van der Waals surface area (Å²) in [5.74, 6) is -2.37. The molecule has 0 radical (unpaired) electrons. The molecule has 12 heteroatoms. The average molecular weight is 832 g/mol. The molecule has 7 aromatic carbocycles. The van der Waals surface area contributed by atoms with E-state index < -0.39 is 17.9 Å². The van der Waals surface area contributed by atoms with Gasteiger partial charge in [0.2, 0.25) is 0 Å². The van der Waals surface area contributed by atoms with Crippen LogP contribution in [0.25, 0.3) is 0 Å². The lowest BCUT2D eigenvalue weighted by Gasteiger charge is -2.11. The van der Waals surface area contributed by atoms with E-state index in [1.165, 1.54) is 18.2 Å². The van der Waals surface area contributed by atoms with Crippen molar-refractivity contribution in [1.82, 2.24) is 0 Å². The number of rotatable bonds is 15. The molecular formula is C51H39N6O6+3. The van der Waals surface area contributed by atoms with Crippen LogP contribution >= 0.6 is 0 Å². The van der Waals surface area contributed by atoms with E-state index in [0.29, 0.717) is 50.5 Å². The van der Waals surface area contributed by atoms with E-state index in [1.54, 1.807) is 72.8 Å². The minimum Gasteiger partial charge on any atom is -0.457 e. The smallest absolute Gasteiger partial charge is 0.379 e. The largest absolute Gasteiger partial charge is 0.457 e. The summed E-state index contributed by atoms with van der Waals surface area (Å²) in [6, 6.07) is 53.2. The van der Waals surface area contributed by atoms with Crippen molar-refractivity contribution in [2.24, 2.45) is 0 Å². The van der Waals surface area contributed by atoms with Crippen molar-refractivity contribution >= 4 is 35.0 Å². The van der Waals surface area contributed by atoms with Crippen LogP contribution < -0.4 is 0 Å². The van der Waals surface area contributed by atoms with Gasteiger partial charge in [-0.05, 0) is 108 Å². The number of benzene rings is 7. The van der Waals surface area contributed by atoms with Gasteiger partial charge in [0, 0.05) is 0 Å². The summed E-state index contributed by atoms with van der Waals surface area (Å²) >= 11 is 0. The predicted octanol–water partition coefficient (Wildman–Crippen LogP) is 8.99. The Hall–Kier alpha value is -8.91. The van der Waals surface area contributed by atoms with E-state index in [0.717, 1.165) is 16.7 Å². The molecule has 7 rings (SSSR count). The lowest BCUT2D eigenvalue weighted by molar-refractivity contribution is -0.117. The van der Waals surface area contributed by atoms with Crippen molar-refractivity contribution in [3.63, 3.8) is 0 Å². The molecule has 0 heterocycles. The molecule has 0 saturated heterocycles. The van der Waals surface area contributed by atoms with Gasteiger partial charge in [-0.25, -0.2) is 14.4 Å². The van der Waals surface area contributed by atoms with Gasteiger partial charge in [0.15, 0.2) is 0 Å². The maximum Gasteiger partial charge on any atom is 0.379 e. The SMILES string of the molecule is N=[N+]=C(c1ccccc1)c1ccc(COC(=O)c2cc(C(=O)OCc3ccc(C(=[N+]=N)c4ccccc4)cc3)cc(C(=O)OCc3ccc(C(=[N+]=N)c4ccccc4)cc3)c2)cc1. The molecule has 0 bridgehead atoms. The summed E-state index contributed by atoms with van der Waals surface area (Å²) in [4.78, 5) is 51.8. The first kappa shape index (κ1) is 42.2. The van der Waals surface area contributed by atoms with Crippen LogP contribution in [0.3, 0.4) is 0 Å². The van der Waals surface area contributed by atoms with Gasteiger partial charge in [0.1, 0.15) is 19.8 Å². The first-order valence-corrected chi connectivity index (χ1v) is 19.7. The minimum absolute atomic E-state index is 0.0688. The Kier molecular flexibility index (Phi) is 13.7. The van der Waals surface area contributed by atoms with Crippen molar-refractivity contribution < 1.29 is 43.0 Å². The van der Waals surface area contributed by atoms with Crippen molar-refractivity contribution in [2.75, 3.05) is 0 Å². The molecule has 0 aliphatic heterocycles. The number of ether oxygens (including phenoxy) is 3. The van der Waals surface area contributed by atoms with Crippen LogP contribution in [-0.2, 0) is 34.0 Å². The van der Waals surface area contributed by atoms with Gasteiger partial charge in [-0.15, -0.1) is 0 Å². The third-order valence-electron chi connectivity index (χ3n) is 9.91. The van der Waals surface area contributed by atoms with Crippen LogP contribution in [0.4, 0.5) is 0 Å². The normalized spacial score (nSPS) is 10.3. The molecule has 12 nitrogen and oxygen atoms in total. The molecular weight excluding hydrogens is 793 g/mol. The van der Waals surface area contributed by atoms with E-state index >= 15 is 0 Å². The van der Waals surface area contributed by atoms with Gasteiger partial charge in [-0.2, -0.15) is 0 Å². The number of nitrogens with zero attached hydrogens (tertiary/aromatic N) is 3. The van der Waals surface area contributed by atoms with E-state index in [-0.39, 0.29) is 36.5 Å². The number of nitrogens with one attached hydrogen (secondary N) is 3. The Bertz CT molecular complexity index is 2590. The molecule has 0 amide bonds. The summed E-state index contributed by atoms with van der Waals surface area (Å²) < 4.78 is 16.9. The zero-order valence-corrected chi connectivity index (χ0v) is 33.7. The molecule has 0 aliphatic rings. The lowest BCUT2D eigenvalue weighted by Crippen LogP contribution is -2.13. The van der Waals surface area contributed by atoms with Gasteiger partial charge in [-0.1, -0.05) is 91.0 Å². The lowest BCUT2D eigenvalue weighted by atomic mass is 10.0. The number of hydrogen-bond acceptors (Lipinski definition) is 9. The first-order valence-electron chi connectivity index (χ1n) is 19.7. The third-order valence-corrected chi connectivity index (χ3v) is 9.91.